The van der Waals surface area contributed by atoms with Crippen LogP contribution in [0.1, 0.15) is 38.2 Å². The van der Waals surface area contributed by atoms with Crippen molar-refractivity contribution < 1.29 is 4.55 Å². The summed E-state index contributed by atoms with van der Waals surface area (Å²) in [5.41, 5.74) is 1.58. The van der Waals surface area contributed by atoms with E-state index in [0.717, 1.165) is 29.7 Å². The van der Waals surface area contributed by atoms with Crippen LogP contribution in [0.15, 0.2) is 41.3 Å². The van der Waals surface area contributed by atoms with E-state index >= 15 is 0 Å². The Kier molecular flexibility index (Phi) is 4.43. The van der Waals surface area contributed by atoms with E-state index in [1.165, 1.54) is 24.8 Å². The third-order valence-electron chi connectivity index (χ3n) is 4.94. The number of benzene rings is 1. The van der Waals surface area contributed by atoms with Gasteiger partial charge in [0.15, 0.2) is 4.90 Å². The molecule has 0 saturated heterocycles. The molecule has 4 atom stereocenters. The Balaban J connectivity index is 1.65. The number of hydrogen-bond donors (Lipinski definition) is 1. The molecule has 2 aliphatic rings. The van der Waals surface area contributed by atoms with E-state index in [4.69, 9.17) is 0 Å². The number of nitrogens with one attached hydrogen (secondary N) is 1. The summed E-state index contributed by atoms with van der Waals surface area (Å²) < 4.78 is 11.4. The van der Waals surface area contributed by atoms with Gasteiger partial charge in [-0.2, -0.15) is 0 Å². The summed E-state index contributed by atoms with van der Waals surface area (Å²) in [5.74, 6) is 1.57. The van der Waals surface area contributed by atoms with E-state index in [9.17, 15) is 4.55 Å². The fraction of sp³-hybridized carbons (Fsp3) is 0.556. The van der Waals surface area contributed by atoms with Crippen molar-refractivity contribution in [2.75, 3.05) is 6.26 Å². The van der Waals surface area contributed by atoms with Crippen molar-refractivity contribution in [1.82, 2.24) is 5.32 Å². The predicted octanol–water partition coefficient (Wildman–Crippen LogP) is 3.65. The van der Waals surface area contributed by atoms with Crippen molar-refractivity contribution in [3.63, 3.8) is 0 Å². The maximum absolute atomic E-state index is 11.4. The molecule has 4 unspecified atom stereocenters. The molecule has 3 rings (SSSR count). The molecule has 3 heteroatoms. The molecule has 21 heavy (non-hydrogen) atoms. The molecule has 2 aliphatic carbocycles. The highest BCUT2D eigenvalue weighted by Crippen LogP contribution is 2.42. The summed E-state index contributed by atoms with van der Waals surface area (Å²) in [4.78, 5) is 0.906. The Labute approximate surface area is 131 Å². The summed E-state index contributed by atoms with van der Waals surface area (Å²) in [6.07, 6.45) is 11.6. The largest absolute Gasteiger partial charge is 0.612 e. The molecule has 1 N–H and O–H groups in total. The van der Waals surface area contributed by atoms with E-state index < -0.39 is 11.2 Å². The van der Waals surface area contributed by atoms with Crippen molar-refractivity contribution in [3.05, 3.63) is 42.0 Å². The first kappa shape index (κ1) is 15.1. The fourth-order valence-corrected chi connectivity index (χ4v) is 4.56. The number of rotatable bonds is 4. The Morgan fingerprint density at radius 1 is 1.29 bits per heavy atom. The van der Waals surface area contributed by atoms with Gasteiger partial charge < -0.3 is 9.87 Å². The van der Waals surface area contributed by atoms with Crippen molar-refractivity contribution in [2.24, 2.45) is 11.8 Å². The van der Waals surface area contributed by atoms with Crippen LogP contribution in [0, 0.1) is 11.8 Å². The molecule has 1 aromatic carbocycles. The summed E-state index contributed by atoms with van der Waals surface area (Å²) in [6, 6.07) is 8.17. The van der Waals surface area contributed by atoms with Gasteiger partial charge in [0.05, 0.1) is 0 Å². The van der Waals surface area contributed by atoms with Crippen LogP contribution in [0.2, 0.25) is 0 Å². The molecule has 0 spiro atoms. The second-order valence-electron chi connectivity index (χ2n) is 6.87. The normalized spacial score (nSPS) is 32.9. The van der Waals surface area contributed by atoms with E-state index in [-0.39, 0.29) is 0 Å². The molecular formula is C18H25NOS. The maximum Gasteiger partial charge on any atom is 0.152 e. The molecule has 0 amide bonds. The first-order valence-corrected chi connectivity index (χ1v) is 9.46. The molecule has 2 nitrogen and oxygen atoms in total. The average Bonchev–Trinajstić information content (AvgIpc) is 2.45. The van der Waals surface area contributed by atoms with Crippen LogP contribution in [-0.4, -0.2) is 16.3 Å². The lowest BCUT2D eigenvalue weighted by Crippen LogP contribution is -2.51. The Morgan fingerprint density at radius 3 is 2.76 bits per heavy atom. The van der Waals surface area contributed by atoms with Gasteiger partial charge in [-0.1, -0.05) is 31.2 Å². The number of allylic oxidation sites excluding steroid dienone is 1. The van der Waals surface area contributed by atoms with Crippen LogP contribution in [0.4, 0.5) is 0 Å². The highest BCUT2D eigenvalue weighted by Gasteiger charge is 2.39. The molecule has 1 saturated carbocycles. The van der Waals surface area contributed by atoms with Gasteiger partial charge in [0.1, 0.15) is 6.26 Å². The van der Waals surface area contributed by atoms with Crippen LogP contribution in [-0.2, 0) is 17.7 Å². The van der Waals surface area contributed by atoms with Crippen molar-refractivity contribution in [2.45, 2.75) is 49.6 Å². The lowest BCUT2D eigenvalue weighted by Gasteiger charge is -2.46. The van der Waals surface area contributed by atoms with Gasteiger partial charge in [0, 0.05) is 12.1 Å². The van der Waals surface area contributed by atoms with Gasteiger partial charge in [-0.25, -0.2) is 0 Å². The summed E-state index contributed by atoms with van der Waals surface area (Å²) >= 11 is -0.885. The van der Waals surface area contributed by atoms with Crippen LogP contribution in [0.25, 0.3) is 0 Å². The molecule has 0 aromatic heterocycles. The molecule has 2 bridgehead atoms. The highest BCUT2D eigenvalue weighted by atomic mass is 32.2. The van der Waals surface area contributed by atoms with E-state index in [2.05, 4.69) is 36.5 Å². The summed E-state index contributed by atoms with van der Waals surface area (Å²) in [6.45, 7) is 3.29. The van der Waals surface area contributed by atoms with Gasteiger partial charge in [0.25, 0.3) is 0 Å². The molecule has 114 valence electrons. The predicted molar refractivity (Wildman–Crippen MR) is 88.6 cm³/mol. The molecule has 1 fully saturated rings. The topological polar surface area (TPSA) is 35.1 Å². The van der Waals surface area contributed by atoms with Gasteiger partial charge in [-0.3, -0.25) is 0 Å². The monoisotopic (exact) mass is 303 g/mol. The molecule has 1 aromatic rings. The van der Waals surface area contributed by atoms with Crippen molar-refractivity contribution in [1.29, 1.82) is 0 Å². The Morgan fingerprint density at radius 2 is 2.05 bits per heavy atom. The number of hydrogen-bond acceptors (Lipinski definition) is 2. The van der Waals surface area contributed by atoms with E-state index in [0.29, 0.717) is 5.54 Å². The first-order valence-electron chi connectivity index (χ1n) is 7.90. The minimum absolute atomic E-state index is 0.295. The van der Waals surface area contributed by atoms with Crippen molar-refractivity contribution >= 4 is 11.2 Å². The Hall–Kier alpha value is -0.770. The van der Waals surface area contributed by atoms with Gasteiger partial charge in [-0.05, 0) is 66.4 Å². The standard InChI is InChI=1S/C18H25NOS/c1-14-10-16-4-3-9-18(11-14,12-16)19-13-15-5-7-17(8-6-15)21(2)20/h3-8,14,16,19H,9-13H2,1-2H3. The van der Waals surface area contributed by atoms with Crippen molar-refractivity contribution in [3.8, 4) is 0 Å². The van der Waals surface area contributed by atoms with E-state index in [1.807, 2.05) is 12.1 Å². The third-order valence-corrected chi connectivity index (χ3v) is 5.87. The second kappa shape index (κ2) is 6.15. The molecule has 0 aliphatic heterocycles. The first-order chi connectivity index (χ1) is 10.1. The minimum atomic E-state index is -0.885. The lowest BCUT2D eigenvalue weighted by molar-refractivity contribution is 0.146. The Bertz CT molecular complexity index is 510. The van der Waals surface area contributed by atoms with Crippen LogP contribution in [0.5, 0.6) is 0 Å². The highest BCUT2D eigenvalue weighted by molar-refractivity contribution is 7.90. The summed E-state index contributed by atoms with van der Waals surface area (Å²) in [7, 11) is 0. The molecule has 0 heterocycles. The SMILES string of the molecule is CC1CC2C=CCC(NCc3ccc([S+](C)[O-])cc3)(C1)C2. The van der Waals surface area contributed by atoms with E-state index in [1.54, 1.807) is 6.26 Å². The number of fused-ring (bicyclic) bond motifs is 2. The zero-order chi connectivity index (χ0) is 14.9. The lowest BCUT2D eigenvalue weighted by atomic mass is 9.66. The van der Waals surface area contributed by atoms with Crippen LogP contribution in [0.3, 0.4) is 0 Å². The zero-order valence-corrected chi connectivity index (χ0v) is 13.8. The smallest absolute Gasteiger partial charge is 0.152 e. The van der Waals surface area contributed by atoms with Gasteiger partial charge >= 0.3 is 0 Å². The molecular weight excluding hydrogens is 278 g/mol. The minimum Gasteiger partial charge on any atom is -0.612 e. The molecule has 0 radical (unpaired) electrons. The quantitative estimate of drug-likeness (QED) is 0.680. The second-order valence-corrected chi connectivity index (χ2v) is 8.25. The average molecular weight is 303 g/mol. The summed E-state index contributed by atoms with van der Waals surface area (Å²) in [5, 5.41) is 3.83. The van der Waals surface area contributed by atoms with Gasteiger partial charge in [0.2, 0.25) is 0 Å². The zero-order valence-electron chi connectivity index (χ0n) is 13.0. The van der Waals surface area contributed by atoms with Gasteiger partial charge in [-0.15, -0.1) is 0 Å². The van der Waals surface area contributed by atoms with Crippen LogP contribution < -0.4 is 5.32 Å². The third kappa shape index (κ3) is 3.53. The fourth-order valence-electron chi connectivity index (χ4n) is 4.04. The maximum atomic E-state index is 11.4. The van der Waals surface area contributed by atoms with Crippen LogP contribution >= 0.6 is 0 Å².